The molecule has 1 aromatic carbocycles. The normalized spacial score (nSPS) is 18.5. The summed E-state index contributed by atoms with van der Waals surface area (Å²) in [6, 6.07) is 7.92. The highest BCUT2D eigenvalue weighted by Gasteiger charge is 2.24. The second-order valence-corrected chi connectivity index (χ2v) is 5.44. The van der Waals surface area contributed by atoms with Crippen molar-refractivity contribution in [3.8, 4) is 0 Å². The van der Waals surface area contributed by atoms with Gasteiger partial charge in [-0.25, -0.2) is 9.97 Å². The van der Waals surface area contributed by atoms with Crippen LogP contribution < -0.4 is 11.1 Å². The molecule has 6 heteroatoms. The third-order valence-electron chi connectivity index (χ3n) is 3.99. The number of fused-ring (bicyclic) bond motifs is 5. The molecule has 2 aromatic heterocycles. The number of para-hydroxylation sites is 1. The van der Waals surface area contributed by atoms with Gasteiger partial charge in [-0.05, 0) is 13.0 Å². The van der Waals surface area contributed by atoms with E-state index in [1.54, 1.807) is 0 Å². The zero-order chi connectivity index (χ0) is 14.6. The van der Waals surface area contributed by atoms with Crippen molar-refractivity contribution in [2.24, 2.45) is 0 Å². The van der Waals surface area contributed by atoms with Crippen molar-refractivity contribution >= 4 is 33.7 Å². The molecular formula is C15H15N5O. The van der Waals surface area contributed by atoms with Gasteiger partial charge in [0.2, 0.25) is 5.91 Å². The van der Waals surface area contributed by atoms with Gasteiger partial charge in [0.1, 0.15) is 11.3 Å². The quantitative estimate of drug-likeness (QED) is 0.657. The minimum Gasteiger partial charge on any atom is -0.382 e. The molecule has 0 aliphatic carbocycles. The smallest absolute Gasteiger partial charge is 0.222 e. The van der Waals surface area contributed by atoms with Crippen molar-refractivity contribution in [2.75, 3.05) is 5.73 Å². The molecular weight excluding hydrogens is 266 g/mol. The highest BCUT2D eigenvalue weighted by molar-refractivity contribution is 6.06. The van der Waals surface area contributed by atoms with E-state index in [1.165, 1.54) is 0 Å². The summed E-state index contributed by atoms with van der Waals surface area (Å²) >= 11 is 0. The average molecular weight is 281 g/mol. The van der Waals surface area contributed by atoms with Gasteiger partial charge in [-0.2, -0.15) is 0 Å². The maximum absolute atomic E-state index is 11.7. The molecule has 6 nitrogen and oxygen atoms in total. The molecule has 3 aromatic rings. The molecule has 3 heterocycles. The summed E-state index contributed by atoms with van der Waals surface area (Å²) in [5.41, 5.74) is 8.60. The van der Waals surface area contributed by atoms with Crippen LogP contribution in [0.2, 0.25) is 0 Å². The van der Waals surface area contributed by atoms with E-state index in [0.717, 1.165) is 22.2 Å². The third-order valence-corrected chi connectivity index (χ3v) is 3.99. The molecule has 21 heavy (non-hydrogen) atoms. The van der Waals surface area contributed by atoms with E-state index < -0.39 is 0 Å². The predicted octanol–water partition coefficient (Wildman–Crippen LogP) is 1.75. The van der Waals surface area contributed by atoms with Gasteiger partial charge >= 0.3 is 0 Å². The molecule has 0 spiro atoms. The number of pyridine rings is 1. The second kappa shape index (κ2) is 4.18. The number of aromatic nitrogens is 3. The van der Waals surface area contributed by atoms with Gasteiger partial charge < -0.3 is 15.6 Å². The summed E-state index contributed by atoms with van der Waals surface area (Å²) in [6.07, 6.45) is 0.439. The molecule has 1 unspecified atom stereocenters. The number of hydrogen-bond donors (Lipinski definition) is 2. The van der Waals surface area contributed by atoms with Crippen molar-refractivity contribution in [3.05, 3.63) is 30.1 Å². The van der Waals surface area contributed by atoms with E-state index in [2.05, 4.69) is 19.9 Å². The molecule has 0 saturated carbocycles. The Morgan fingerprint density at radius 3 is 3.00 bits per heavy atom. The van der Waals surface area contributed by atoms with E-state index in [9.17, 15) is 4.79 Å². The number of hydrogen-bond acceptors (Lipinski definition) is 4. The van der Waals surface area contributed by atoms with Crippen molar-refractivity contribution in [2.45, 2.75) is 25.9 Å². The van der Waals surface area contributed by atoms with Crippen molar-refractivity contribution in [3.63, 3.8) is 0 Å². The van der Waals surface area contributed by atoms with Gasteiger partial charge in [0.15, 0.2) is 5.82 Å². The molecule has 3 N–H and O–H groups in total. The van der Waals surface area contributed by atoms with Gasteiger partial charge in [-0.15, -0.1) is 0 Å². The summed E-state index contributed by atoms with van der Waals surface area (Å²) < 4.78 is 2.12. The number of rotatable bonds is 0. The molecule has 0 radical (unpaired) electrons. The topological polar surface area (TPSA) is 85.8 Å². The van der Waals surface area contributed by atoms with E-state index in [4.69, 9.17) is 5.73 Å². The van der Waals surface area contributed by atoms with E-state index in [1.807, 2.05) is 31.2 Å². The Labute approximate surface area is 121 Å². The number of carbonyl (C=O) groups is 1. The Kier molecular flexibility index (Phi) is 2.42. The lowest BCUT2D eigenvalue weighted by molar-refractivity contribution is -0.121. The van der Waals surface area contributed by atoms with Crippen molar-refractivity contribution in [1.29, 1.82) is 0 Å². The Balaban J connectivity index is 2.15. The number of imidazole rings is 1. The number of nitrogens with one attached hydrogen (secondary N) is 1. The standard InChI is InChI=1S/C15H15N5O/c1-8-6-12(21)17-7-11-19-13-14(20(8)11)9-4-2-3-5-10(9)18-15(13)16/h2-5,8H,6-7H2,1H3,(H2,16,18)(H,17,21). The van der Waals surface area contributed by atoms with Crippen LogP contribution in [0.25, 0.3) is 21.9 Å². The fourth-order valence-corrected chi connectivity index (χ4v) is 3.08. The lowest BCUT2D eigenvalue weighted by Crippen LogP contribution is -2.20. The van der Waals surface area contributed by atoms with Gasteiger partial charge in [0.25, 0.3) is 0 Å². The number of carbonyl (C=O) groups excluding carboxylic acids is 1. The first-order valence-corrected chi connectivity index (χ1v) is 6.97. The van der Waals surface area contributed by atoms with Gasteiger partial charge in [0, 0.05) is 17.8 Å². The van der Waals surface area contributed by atoms with Gasteiger partial charge in [0.05, 0.1) is 17.6 Å². The molecule has 1 atom stereocenters. The molecule has 0 bridgehead atoms. The van der Waals surface area contributed by atoms with Crippen molar-refractivity contribution < 1.29 is 4.79 Å². The highest BCUT2D eigenvalue weighted by atomic mass is 16.1. The maximum atomic E-state index is 11.7. The van der Waals surface area contributed by atoms with Crippen LogP contribution in [0.4, 0.5) is 5.82 Å². The van der Waals surface area contributed by atoms with Crippen LogP contribution in [0.3, 0.4) is 0 Å². The molecule has 0 fully saturated rings. The van der Waals surface area contributed by atoms with Crippen LogP contribution in [-0.4, -0.2) is 20.4 Å². The number of anilines is 1. The lowest BCUT2D eigenvalue weighted by Gasteiger charge is -2.14. The van der Waals surface area contributed by atoms with E-state index >= 15 is 0 Å². The van der Waals surface area contributed by atoms with E-state index in [0.29, 0.717) is 24.3 Å². The number of amides is 1. The summed E-state index contributed by atoms with van der Waals surface area (Å²) in [5, 5.41) is 3.89. The van der Waals surface area contributed by atoms with Crippen LogP contribution in [-0.2, 0) is 11.3 Å². The van der Waals surface area contributed by atoms with E-state index in [-0.39, 0.29) is 11.9 Å². The zero-order valence-electron chi connectivity index (χ0n) is 11.6. The lowest BCUT2D eigenvalue weighted by atomic mass is 10.1. The molecule has 0 saturated heterocycles. The van der Waals surface area contributed by atoms with Gasteiger partial charge in [-0.3, -0.25) is 4.79 Å². The van der Waals surface area contributed by atoms with Crippen LogP contribution in [0, 0.1) is 0 Å². The minimum absolute atomic E-state index is 0.0395. The fraction of sp³-hybridized carbons (Fsp3) is 0.267. The highest BCUT2D eigenvalue weighted by Crippen LogP contribution is 2.32. The first-order chi connectivity index (χ1) is 10.1. The summed E-state index contributed by atoms with van der Waals surface area (Å²) in [6.45, 7) is 2.45. The molecule has 106 valence electrons. The molecule has 1 aliphatic heterocycles. The zero-order valence-corrected chi connectivity index (χ0v) is 11.6. The predicted molar refractivity (Wildman–Crippen MR) is 80.6 cm³/mol. The number of nitrogen functional groups attached to an aromatic ring is 1. The number of nitrogens with two attached hydrogens (primary N) is 1. The Morgan fingerprint density at radius 1 is 1.33 bits per heavy atom. The van der Waals surface area contributed by atoms with Crippen LogP contribution in [0.1, 0.15) is 25.2 Å². The molecule has 4 rings (SSSR count). The van der Waals surface area contributed by atoms with Crippen LogP contribution in [0.5, 0.6) is 0 Å². The Hall–Kier alpha value is -2.63. The summed E-state index contributed by atoms with van der Waals surface area (Å²) in [7, 11) is 0. The van der Waals surface area contributed by atoms with Crippen molar-refractivity contribution in [1.82, 2.24) is 19.9 Å². The maximum Gasteiger partial charge on any atom is 0.222 e. The van der Waals surface area contributed by atoms with Crippen LogP contribution in [0.15, 0.2) is 24.3 Å². The second-order valence-electron chi connectivity index (χ2n) is 5.44. The minimum atomic E-state index is 0.0395. The third kappa shape index (κ3) is 1.68. The first-order valence-electron chi connectivity index (χ1n) is 6.97. The van der Waals surface area contributed by atoms with Gasteiger partial charge in [-0.1, -0.05) is 18.2 Å². The average Bonchev–Trinajstić information content (AvgIpc) is 2.79. The van der Waals surface area contributed by atoms with Crippen LogP contribution >= 0.6 is 0 Å². The summed E-state index contributed by atoms with van der Waals surface area (Å²) in [5.74, 6) is 1.31. The monoisotopic (exact) mass is 281 g/mol. The largest absolute Gasteiger partial charge is 0.382 e. The number of benzene rings is 1. The molecule has 1 aliphatic rings. The Bertz CT molecular complexity index is 883. The molecule has 1 amide bonds. The fourth-order valence-electron chi connectivity index (χ4n) is 3.08. The summed E-state index contributed by atoms with van der Waals surface area (Å²) in [4.78, 5) is 20.8. The Morgan fingerprint density at radius 2 is 2.14 bits per heavy atom. The first kappa shape index (κ1) is 12.1. The number of nitrogens with zero attached hydrogens (tertiary/aromatic N) is 3. The SMILES string of the molecule is CC1CC(=O)NCc2nc3c(N)nc4ccccc4c3n21.